The molecule has 1 saturated carbocycles. The summed E-state index contributed by atoms with van der Waals surface area (Å²) in [6.45, 7) is 5.89. The Morgan fingerprint density at radius 2 is 2.24 bits per heavy atom. The fourth-order valence-corrected chi connectivity index (χ4v) is 5.37. The first kappa shape index (κ1) is 15.4. The molecular weight excluding hydrogens is 308 g/mol. The Kier molecular flexibility index (Phi) is 4.13. The summed E-state index contributed by atoms with van der Waals surface area (Å²) in [6, 6.07) is 2.43. The van der Waals surface area contributed by atoms with Crippen LogP contribution >= 0.6 is 11.3 Å². The Bertz CT molecular complexity index is 605. The molecule has 3 rings (SSSR count). The summed E-state index contributed by atoms with van der Waals surface area (Å²) >= 11 is 1.31. The molecule has 0 radical (unpaired) electrons. The molecule has 21 heavy (non-hydrogen) atoms. The molecule has 1 N–H and O–H groups in total. The summed E-state index contributed by atoms with van der Waals surface area (Å²) in [5.41, 5.74) is 0.636. The van der Waals surface area contributed by atoms with E-state index in [9.17, 15) is 8.42 Å². The zero-order valence-corrected chi connectivity index (χ0v) is 14.1. The maximum absolute atomic E-state index is 12.7. The monoisotopic (exact) mass is 330 g/mol. The van der Waals surface area contributed by atoms with Gasteiger partial charge in [0.05, 0.1) is 12.2 Å². The van der Waals surface area contributed by atoms with Crippen molar-refractivity contribution in [3.63, 3.8) is 0 Å². The number of rotatable bonds is 5. The van der Waals surface area contributed by atoms with Gasteiger partial charge in [-0.2, -0.15) is 4.31 Å². The molecule has 0 atom stereocenters. The Morgan fingerprint density at radius 3 is 2.90 bits per heavy atom. The van der Waals surface area contributed by atoms with Gasteiger partial charge >= 0.3 is 0 Å². The van der Waals surface area contributed by atoms with E-state index in [1.807, 2.05) is 19.2 Å². The van der Waals surface area contributed by atoms with Gasteiger partial charge in [0, 0.05) is 25.7 Å². The normalized spacial score (nSPS) is 23.3. The van der Waals surface area contributed by atoms with Gasteiger partial charge in [-0.1, -0.05) is 0 Å². The molecular formula is C14H22N2O3S2. The summed E-state index contributed by atoms with van der Waals surface area (Å²) in [4.78, 5) is 0. The molecule has 0 bridgehead atoms. The zero-order chi connectivity index (χ0) is 15.1. The van der Waals surface area contributed by atoms with Crippen LogP contribution in [0.2, 0.25) is 0 Å². The maximum atomic E-state index is 12.7. The zero-order valence-electron chi connectivity index (χ0n) is 12.5. The highest BCUT2D eigenvalue weighted by atomic mass is 32.2. The minimum atomic E-state index is -3.39. The predicted molar refractivity (Wildman–Crippen MR) is 83.0 cm³/mol. The lowest BCUT2D eigenvalue weighted by molar-refractivity contribution is -0.0639. The van der Waals surface area contributed by atoms with Gasteiger partial charge in [0.15, 0.2) is 0 Å². The van der Waals surface area contributed by atoms with Crippen molar-refractivity contribution >= 4 is 21.4 Å². The molecule has 1 aliphatic carbocycles. The third-order valence-electron chi connectivity index (χ3n) is 3.79. The van der Waals surface area contributed by atoms with Gasteiger partial charge in [-0.05, 0) is 43.7 Å². The lowest BCUT2D eigenvalue weighted by Crippen LogP contribution is -2.50. The molecule has 2 aliphatic rings. The number of thiophene rings is 1. The van der Waals surface area contributed by atoms with Crippen LogP contribution in [0.4, 0.5) is 0 Å². The fraction of sp³-hybridized carbons (Fsp3) is 0.714. The minimum absolute atomic E-state index is 0.406. The average Bonchev–Trinajstić information content (AvgIpc) is 3.11. The van der Waals surface area contributed by atoms with Crippen LogP contribution in [0.5, 0.6) is 0 Å². The van der Waals surface area contributed by atoms with Gasteiger partial charge in [-0.25, -0.2) is 8.42 Å². The first-order valence-corrected chi connectivity index (χ1v) is 9.64. The number of morpholine rings is 1. The van der Waals surface area contributed by atoms with E-state index in [-0.39, 0.29) is 0 Å². The van der Waals surface area contributed by atoms with E-state index in [1.165, 1.54) is 24.2 Å². The predicted octanol–water partition coefficient (Wildman–Crippen LogP) is 1.80. The first-order chi connectivity index (χ1) is 9.87. The number of ether oxygens (including phenoxy) is 1. The fourth-order valence-electron chi connectivity index (χ4n) is 2.44. The van der Waals surface area contributed by atoms with E-state index in [0.29, 0.717) is 29.9 Å². The molecule has 1 aliphatic heterocycles. The standard InChI is InChI=1S/C14H22N2O3S2/c1-14(2)10-16(5-6-19-14)21(17,18)13-7-11(9-20-13)8-15-12-3-4-12/h7,9,12,15H,3-6,8,10H2,1-2H3. The summed E-state index contributed by atoms with van der Waals surface area (Å²) in [7, 11) is -3.39. The first-order valence-electron chi connectivity index (χ1n) is 7.32. The van der Waals surface area contributed by atoms with Gasteiger partial charge in [0.25, 0.3) is 10.0 Å². The lowest BCUT2D eigenvalue weighted by Gasteiger charge is -2.37. The SMILES string of the molecule is CC1(C)CN(S(=O)(=O)c2cc(CNC3CC3)cs2)CCO1. The van der Waals surface area contributed by atoms with Crippen LogP contribution in [0, 0.1) is 0 Å². The van der Waals surface area contributed by atoms with Gasteiger partial charge in [-0.15, -0.1) is 11.3 Å². The van der Waals surface area contributed by atoms with Crippen LogP contribution in [0.1, 0.15) is 32.3 Å². The topological polar surface area (TPSA) is 58.6 Å². The molecule has 0 amide bonds. The van der Waals surface area contributed by atoms with E-state index in [2.05, 4.69) is 5.32 Å². The maximum Gasteiger partial charge on any atom is 0.252 e. The third-order valence-corrected chi connectivity index (χ3v) is 7.10. The second kappa shape index (κ2) is 5.62. The highest BCUT2D eigenvalue weighted by Crippen LogP contribution is 2.28. The lowest BCUT2D eigenvalue weighted by atomic mass is 10.1. The molecule has 0 aromatic carbocycles. The molecule has 7 heteroatoms. The summed E-state index contributed by atoms with van der Waals surface area (Å²) < 4.78 is 33.0. The van der Waals surface area contributed by atoms with Crippen molar-refractivity contribution in [3.05, 3.63) is 17.0 Å². The van der Waals surface area contributed by atoms with Crippen molar-refractivity contribution in [1.29, 1.82) is 0 Å². The van der Waals surface area contributed by atoms with E-state index < -0.39 is 15.6 Å². The third kappa shape index (κ3) is 3.65. The number of hydrogen-bond acceptors (Lipinski definition) is 5. The largest absolute Gasteiger partial charge is 0.373 e. The van der Waals surface area contributed by atoms with Gasteiger partial charge in [-0.3, -0.25) is 0 Å². The number of hydrogen-bond donors (Lipinski definition) is 1. The summed E-state index contributed by atoms with van der Waals surface area (Å²) in [5, 5.41) is 5.35. The quantitative estimate of drug-likeness (QED) is 0.894. The summed E-state index contributed by atoms with van der Waals surface area (Å²) in [6.07, 6.45) is 2.47. The number of nitrogens with zero attached hydrogens (tertiary/aromatic N) is 1. The van der Waals surface area contributed by atoms with E-state index in [4.69, 9.17) is 4.74 Å². The molecule has 0 spiro atoms. The van der Waals surface area contributed by atoms with Gasteiger partial charge in [0.2, 0.25) is 0 Å². The van der Waals surface area contributed by atoms with Crippen molar-refractivity contribution in [2.45, 2.75) is 49.1 Å². The minimum Gasteiger partial charge on any atom is -0.373 e. The van der Waals surface area contributed by atoms with Crippen molar-refractivity contribution in [2.24, 2.45) is 0 Å². The van der Waals surface area contributed by atoms with Crippen LogP contribution in [0.3, 0.4) is 0 Å². The molecule has 1 aromatic heterocycles. The van der Waals surface area contributed by atoms with Crippen molar-refractivity contribution in [2.75, 3.05) is 19.7 Å². The second-order valence-electron chi connectivity index (χ2n) is 6.38. The summed E-state index contributed by atoms with van der Waals surface area (Å²) in [5.74, 6) is 0. The Morgan fingerprint density at radius 1 is 1.48 bits per heavy atom. The Hall–Kier alpha value is -0.470. The number of nitrogens with one attached hydrogen (secondary N) is 1. The Balaban J connectivity index is 1.71. The average molecular weight is 330 g/mol. The van der Waals surface area contributed by atoms with Crippen LogP contribution in [0.25, 0.3) is 0 Å². The van der Waals surface area contributed by atoms with Gasteiger partial charge in [0.1, 0.15) is 4.21 Å². The van der Waals surface area contributed by atoms with E-state index in [0.717, 1.165) is 12.1 Å². The molecule has 2 fully saturated rings. The van der Waals surface area contributed by atoms with Crippen molar-refractivity contribution < 1.29 is 13.2 Å². The van der Waals surface area contributed by atoms with Gasteiger partial charge < -0.3 is 10.1 Å². The van der Waals surface area contributed by atoms with Crippen LogP contribution < -0.4 is 5.32 Å². The Labute approximate surface area is 130 Å². The van der Waals surface area contributed by atoms with Crippen LogP contribution in [0.15, 0.2) is 15.7 Å². The van der Waals surface area contributed by atoms with Crippen molar-refractivity contribution in [1.82, 2.24) is 9.62 Å². The highest BCUT2D eigenvalue weighted by molar-refractivity contribution is 7.91. The molecule has 118 valence electrons. The molecule has 5 nitrogen and oxygen atoms in total. The van der Waals surface area contributed by atoms with Crippen molar-refractivity contribution in [3.8, 4) is 0 Å². The van der Waals surface area contributed by atoms with Crippen LogP contribution in [-0.2, 0) is 21.3 Å². The smallest absolute Gasteiger partial charge is 0.252 e. The second-order valence-corrected chi connectivity index (χ2v) is 9.45. The molecule has 1 aromatic rings. The number of sulfonamides is 1. The van der Waals surface area contributed by atoms with E-state index in [1.54, 1.807) is 10.4 Å². The molecule has 1 saturated heterocycles. The van der Waals surface area contributed by atoms with Crippen LogP contribution in [-0.4, -0.2) is 44.1 Å². The van der Waals surface area contributed by atoms with E-state index >= 15 is 0 Å². The molecule has 2 heterocycles. The highest BCUT2D eigenvalue weighted by Gasteiger charge is 2.35. The molecule has 0 unspecified atom stereocenters.